The number of carboxylic acid groups (broad SMARTS) is 1. The highest BCUT2D eigenvalue weighted by molar-refractivity contribution is 7.54. The molecule has 0 spiro atoms. The molecular formula is C9H18O5P-. The van der Waals surface area contributed by atoms with Crippen LogP contribution >= 0.6 is 7.60 Å². The average molecular weight is 237 g/mol. The lowest BCUT2D eigenvalue weighted by Crippen LogP contribution is -2.30. The van der Waals surface area contributed by atoms with Crippen molar-refractivity contribution in [2.75, 3.05) is 6.16 Å². The van der Waals surface area contributed by atoms with Crippen molar-refractivity contribution in [1.29, 1.82) is 0 Å². The number of aliphatic carboxylic acids is 1. The fourth-order valence-electron chi connectivity index (χ4n) is 0.988. The van der Waals surface area contributed by atoms with E-state index in [1.165, 1.54) is 0 Å². The maximum absolute atomic E-state index is 12.0. The standard InChI is InChI=1S/C9H19O5P/c1-7(2)13-15(12,6-8(10)11)14-9(3,4)5/h7H,6H2,1-5H3,(H,10,11)/p-1. The van der Waals surface area contributed by atoms with Gasteiger partial charge in [0, 0.05) is 0 Å². The Kier molecular flexibility index (Phi) is 4.97. The van der Waals surface area contributed by atoms with Crippen LogP contribution in [0.15, 0.2) is 0 Å². The first kappa shape index (κ1) is 14.6. The highest BCUT2D eigenvalue weighted by Crippen LogP contribution is 2.51. The Morgan fingerprint density at radius 2 is 1.87 bits per heavy atom. The van der Waals surface area contributed by atoms with E-state index in [0.717, 1.165) is 0 Å². The van der Waals surface area contributed by atoms with Gasteiger partial charge in [0.1, 0.15) is 0 Å². The van der Waals surface area contributed by atoms with E-state index in [-0.39, 0.29) is 6.10 Å². The summed E-state index contributed by atoms with van der Waals surface area (Å²) in [5.74, 6) is -1.44. The van der Waals surface area contributed by atoms with Crippen LogP contribution in [0.25, 0.3) is 0 Å². The highest BCUT2D eigenvalue weighted by atomic mass is 31.2. The molecule has 0 rings (SSSR count). The third kappa shape index (κ3) is 7.54. The molecule has 15 heavy (non-hydrogen) atoms. The summed E-state index contributed by atoms with van der Waals surface area (Å²) in [6, 6.07) is 0. The van der Waals surface area contributed by atoms with Crippen LogP contribution < -0.4 is 5.11 Å². The van der Waals surface area contributed by atoms with Crippen molar-refractivity contribution in [3.8, 4) is 0 Å². The fraction of sp³-hybridized carbons (Fsp3) is 0.889. The van der Waals surface area contributed by atoms with Gasteiger partial charge in [0.15, 0.2) is 0 Å². The maximum Gasteiger partial charge on any atom is 0.337 e. The van der Waals surface area contributed by atoms with Crippen molar-refractivity contribution in [3.63, 3.8) is 0 Å². The molecule has 6 heteroatoms. The van der Waals surface area contributed by atoms with Gasteiger partial charge in [-0.25, -0.2) is 0 Å². The molecule has 90 valence electrons. The van der Waals surface area contributed by atoms with Gasteiger partial charge in [-0.1, -0.05) is 0 Å². The SMILES string of the molecule is CC(C)OP(=O)(CC(=O)[O-])OC(C)(C)C. The largest absolute Gasteiger partial charge is 0.549 e. The van der Waals surface area contributed by atoms with E-state index in [0.29, 0.717) is 0 Å². The highest BCUT2D eigenvalue weighted by Gasteiger charge is 2.31. The number of rotatable bonds is 5. The van der Waals surface area contributed by atoms with Crippen molar-refractivity contribution in [1.82, 2.24) is 0 Å². The van der Waals surface area contributed by atoms with E-state index in [9.17, 15) is 14.5 Å². The Morgan fingerprint density at radius 3 is 2.13 bits per heavy atom. The summed E-state index contributed by atoms with van der Waals surface area (Å²) in [5.41, 5.74) is -0.722. The molecule has 0 heterocycles. The second-order valence-electron chi connectivity index (χ2n) is 4.50. The first-order valence-electron chi connectivity index (χ1n) is 4.72. The topological polar surface area (TPSA) is 75.7 Å². The third-order valence-corrected chi connectivity index (χ3v) is 3.32. The zero-order valence-corrected chi connectivity index (χ0v) is 10.7. The van der Waals surface area contributed by atoms with Crippen LogP contribution in [0.1, 0.15) is 34.6 Å². The van der Waals surface area contributed by atoms with E-state index >= 15 is 0 Å². The summed E-state index contributed by atoms with van der Waals surface area (Å²) in [6.45, 7) is 8.36. The van der Waals surface area contributed by atoms with Crippen molar-refractivity contribution >= 4 is 13.6 Å². The lowest BCUT2D eigenvalue weighted by molar-refractivity contribution is -0.301. The molecule has 0 saturated carbocycles. The molecule has 1 atom stereocenters. The molecule has 0 saturated heterocycles. The zero-order valence-electron chi connectivity index (χ0n) is 9.77. The predicted molar refractivity (Wildman–Crippen MR) is 54.5 cm³/mol. The van der Waals surface area contributed by atoms with Crippen LogP contribution in [-0.4, -0.2) is 23.8 Å². The molecular weight excluding hydrogens is 219 g/mol. The van der Waals surface area contributed by atoms with Gasteiger partial charge in [0.25, 0.3) is 0 Å². The first-order valence-corrected chi connectivity index (χ1v) is 6.45. The molecule has 0 aliphatic carbocycles. The molecule has 0 aromatic rings. The monoisotopic (exact) mass is 237 g/mol. The molecule has 0 amide bonds. The summed E-state index contributed by atoms with van der Waals surface area (Å²) in [7, 11) is -3.62. The van der Waals surface area contributed by atoms with E-state index in [2.05, 4.69) is 0 Å². The van der Waals surface area contributed by atoms with E-state index in [1.54, 1.807) is 34.6 Å². The van der Waals surface area contributed by atoms with Gasteiger partial charge >= 0.3 is 7.60 Å². The Labute approximate surface area is 90.3 Å². The lowest BCUT2D eigenvalue weighted by Gasteiger charge is -2.28. The van der Waals surface area contributed by atoms with Crippen molar-refractivity contribution in [2.45, 2.75) is 46.3 Å². The normalized spacial score (nSPS) is 16.4. The molecule has 0 aliphatic heterocycles. The average Bonchev–Trinajstić information content (AvgIpc) is 1.73. The summed E-state index contributed by atoms with van der Waals surface area (Å²) in [4.78, 5) is 10.4. The molecule has 5 nitrogen and oxygen atoms in total. The molecule has 0 bridgehead atoms. The van der Waals surface area contributed by atoms with E-state index in [4.69, 9.17) is 9.05 Å². The smallest absolute Gasteiger partial charge is 0.337 e. The van der Waals surface area contributed by atoms with Crippen LogP contribution in [0.2, 0.25) is 0 Å². The number of hydrogen-bond donors (Lipinski definition) is 0. The van der Waals surface area contributed by atoms with Gasteiger partial charge in [-0.05, 0) is 34.6 Å². The molecule has 0 radical (unpaired) electrons. The quantitative estimate of drug-likeness (QED) is 0.671. The summed E-state index contributed by atoms with van der Waals surface area (Å²) >= 11 is 0. The van der Waals surface area contributed by atoms with Crippen molar-refractivity contribution in [3.05, 3.63) is 0 Å². The Bertz CT molecular complexity index is 266. The lowest BCUT2D eigenvalue weighted by atomic mass is 10.2. The zero-order chi connectivity index (χ0) is 12.3. The Hall–Kier alpha value is -0.380. The number of carbonyl (C=O) groups excluding carboxylic acids is 1. The van der Waals surface area contributed by atoms with Gasteiger partial charge in [-0.15, -0.1) is 0 Å². The molecule has 0 aliphatic rings. The van der Waals surface area contributed by atoms with Crippen LogP contribution in [0, 0.1) is 0 Å². The molecule has 1 unspecified atom stereocenters. The molecule has 0 aromatic carbocycles. The fourth-order valence-corrected chi connectivity index (χ4v) is 2.96. The van der Waals surface area contributed by atoms with E-state index in [1.807, 2.05) is 0 Å². The molecule has 0 fully saturated rings. The second kappa shape index (κ2) is 5.10. The van der Waals surface area contributed by atoms with Gasteiger partial charge in [0.2, 0.25) is 0 Å². The Balaban J connectivity index is 4.70. The Morgan fingerprint density at radius 1 is 1.40 bits per heavy atom. The van der Waals surface area contributed by atoms with Gasteiger partial charge in [-0.2, -0.15) is 0 Å². The molecule has 0 N–H and O–H groups in total. The summed E-state index contributed by atoms with van der Waals surface area (Å²) < 4.78 is 22.2. The minimum Gasteiger partial charge on any atom is -0.549 e. The van der Waals surface area contributed by atoms with Crippen molar-refractivity contribution < 1.29 is 23.5 Å². The van der Waals surface area contributed by atoms with Crippen molar-refractivity contribution in [2.24, 2.45) is 0 Å². The van der Waals surface area contributed by atoms with Gasteiger partial charge in [-0.3, -0.25) is 4.57 Å². The molecule has 0 aromatic heterocycles. The van der Waals surface area contributed by atoms with Gasteiger partial charge < -0.3 is 18.9 Å². The summed E-state index contributed by atoms with van der Waals surface area (Å²) in [5, 5.41) is 10.4. The van der Waals surface area contributed by atoms with Crippen LogP contribution in [0.4, 0.5) is 0 Å². The predicted octanol–water partition coefficient (Wildman–Crippen LogP) is 1.17. The van der Waals surface area contributed by atoms with E-state index < -0.39 is 25.3 Å². The van der Waals surface area contributed by atoms with Gasteiger partial charge in [0.05, 0.1) is 23.8 Å². The van der Waals surface area contributed by atoms with Crippen LogP contribution in [-0.2, 0) is 18.4 Å². The minimum absolute atomic E-state index is 0.363. The number of carboxylic acids is 1. The second-order valence-corrected chi connectivity index (χ2v) is 6.43. The minimum atomic E-state index is -3.62. The third-order valence-electron chi connectivity index (χ3n) is 1.11. The number of hydrogen-bond acceptors (Lipinski definition) is 5. The number of carbonyl (C=O) groups is 1. The first-order chi connectivity index (χ1) is 6.54. The van der Waals surface area contributed by atoms with Crippen LogP contribution in [0.5, 0.6) is 0 Å². The van der Waals surface area contributed by atoms with Crippen LogP contribution in [0.3, 0.4) is 0 Å². The maximum atomic E-state index is 12.0. The summed E-state index contributed by atoms with van der Waals surface area (Å²) in [6.07, 6.45) is -1.08.